The zero-order valence-electron chi connectivity index (χ0n) is 56.3. The Hall–Kier alpha value is -1.73. The smallest absolute Gasteiger partial charge is 0.348 e. The number of thiophene rings is 6. The first-order valence-electron chi connectivity index (χ1n) is 36.2. The Bertz CT molecular complexity index is 3140. The quantitative estimate of drug-likeness (QED) is 0.0217. The van der Waals surface area contributed by atoms with E-state index in [1.165, 1.54) is 233 Å². The van der Waals surface area contributed by atoms with Gasteiger partial charge in [-0.2, -0.15) is 0 Å². The maximum absolute atomic E-state index is 13.9. The van der Waals surface area contributed by atoms with Crippen molar-refractivity contribution in [3.63, 3.8) is 0 Å². The van der Waals surface area contributed by atoms with E-state index in [0.717, 1.165) is 53.8 Å². The second-order valence-electron chi connectivity index (χ2n) is 27.0. The van der Waals surface area contributed by atoms with Crippen LogP contribution in [-0.2, 0) is 9.47 Å². The molecule has 0 spiro atoms. The monoisotopic (exact) mass is 1490 g/mol. The minimum Gasteiger partial charge on any atom is -0.461 e. The van der Waals surface area contributed by atoms with Gasteiger partial charge in [-0.15, -0.1) is 68.0 Å². The van der Waals surface area contributed by atoms with Crippen molar-refractivity contribution in [2.24, 2.45) is 11.8 Å². The number of hydrogen-bond donors (Lipinski definition) is 0. The van der Waals surface area contributed by atoms with Crippen LogP contribution in [-0.4, -0.2) is 41.3 Å². The summed E-state index contributed by atoms with van der Waals surface area (Å²) in [5, 5.41) is 9.27. The molecule has 0 saturated carbocycles. The predicted octanol–water partition coefficient (Wildman–Crippen LogP) is 26.5. The molecular formula is C76H108Br2O4S6Si2. The summed E-state index contributed by atoms with van der Waals surface area (Å²) in [4.78, 5) is 37.9. The lowest BCUT2D eigenvalue weighted by Gasteiger charge is -2.32. The first-order chi connectivity index (χ1) is 43.9. The fraction of sp³-hybridized carbons (Fsp3) is 0.632. The molecule has 4 nitrogen and oxygen atoms in total. The molecule has 0 radical (unpaired) electrons. The van der Waals surface area contributed by atoms with E-state index in [0.29, 0.717) is 25.0 Å². The summed E-state index contributed by atoms with van der Waals surface area (Å²) in [5.41, 5.74) is 3.21. The Morgan fingerprint density at radius 3 is 1.02 bits per heavy atom. The molecule has 14 heteroatoms. The lowest BCUT2D eigenvalue weighted by atomic mass is 10.0. The number of benzene rings is 1. The van der Waals surface area contributed by atoms with Crippen LogP contribution in [0.5, 0.6) is 0 Å². The standard InChI is InChI=1S/C76H108Br2O4S6Si2/c1-9-17-23-27-31-35-41-89(42-36-32-28-24-18-10-2)63-47-56-64(48-55(63)67-65(89)49-59(83-67)71-69-57(73(77)87-71)45-61(85-69)75(79)81-51-53(15-7)39-21-13-5)90(43-37-33-29-25-19-11-3,44-38-34-30-26-20-12-4)66-50-60(84-68(56)66)72-70-58(74(78)88-72)46-62(86-70)76(80)82-52-54(16-8)40-22-14-6/h45-50,53-54H,9-44,51-52H2,1-8H3. The zero-order valence-corrected chi connectivity index (χ0v) is 66.4. The summed E-state index contributed by atoms with van der Waals surface area (Å²) in [7, 11) is -4.69. The van der Waals surface area contributed by atoms with Crippen LogP contribution >= 0.6 is 99.9 Å². The van der Waals surface area contributed by atoms with E-state index in [1.54, 1.807) is 64.3 Å². The van der Waals surface area contributed by atoms with Crippen LogP contribution in [0.3, 0.4) is 0 Å². The van der Waals surface area contributed by atoms with E-state index in [9.17, 15) is 9.59 Å². The number of rotatable bonds is 44. The van der Waals surface area contributed by atoms with Gasteiger partial charge in [-0.05, 0) is 137 Å². The highest BCUT2D eigenvalue weighted by Gasteiger charge is 2.51. The number of unbranched alkanes of at least 4 members (excludes halogenated alkanes) is 22. The molecule has 90 heavy (non-hydrogen) atoms. The zero-order chi connectivity index (χ0) is 63.6. The van der Waals surface area contributed by atoms with E-state index < -0.39 is 16.1 Å². The molecule has 0 amide bonds. The second kappa shape index (κ2) is 36.0. The van der Waals surface area contributed by atoms with Crippen LogP contribution in [0.15, 0.2) is 44.0 Å². The van der Waals surface area contributed by atoms with Crippen LogP contribution in [0.4, 0.5) is 0 Å². The maximum atomic E-state index is 13.9. The van der Waals surface area contributed by atoms with Gasteiger partial charge in [0.2, 0.25) is 0 Å². The Morgan fingerprint density at radius 2 is 0.700 bits per heavy atom. The van der Waals surface area contributed by atoms with Gasteiger partial charge < -0.3 is 9.47 Å². The molecule has 1 aromatic carbocycles. The summed E-state index contributed by atoms with van der Waals surface area (Å²) in [6.45, 7) is 19.3. The number of hydrogen-bond acceptors (Lipinski definition) is 10. The summed E-state index contributed by atoms with van der Waals surface area (Å²) < 4.78 is 16.9. The minimum absolute atomic E-state index is 0.169. The second-order valence-corrected chi connectivity index (χ2v) is 44.4. The van der Waals surface area contributed by atoms with Crippen molar-refractivity contribution in [1.82, 2.24) is 0 Å². The van der Waals surface area contributed by atoms with E-state index in [-0.39, 0.29) is 11.9 Å². The summed E-state index contributed by atoms with van der Waals surface area (Å²) in [6, 6.07) is 20.8. The van der Waals surface area contributed by atoms with Gasteiger partial charge in [0.05, 0.1) is 39.9 Å². The maximum Gasteiger partial charge on any atom is 0.348 e. The molecule has 0 bridgehead atoms. The molecule has 0 fully saturated rings. The number of halogens is 2. The van der Waals surface area contributed by atoms with E-state index in [4.69, 9.17) is 9.47 Å². The average molecular weight is 1490 g/mol. The number of esters is 2. The van der Waals surface area contributed by atoms with Crippen molar-refractivity contribution in [2.45, 2.75) is 285 Å². The Kier molecular flexibility index (Phi) is 29.0. The highest BCUT2D eigenvalue weighted by atomic mass is 79.9. The van der Waals surface area contributed by atoms with Crippen molar-refractivity contribution in [3.05, 3.63) is 53.7 Å². The fourth-order valence-electron chi connectivity index (χ4n) is 15.0. The Balaban J connectivity index is 1.19. The van der Waals surface area contributed by atoms with Gasteiger partial charge in [0.1, 0.15) is 25.9 Å². The molecule has 2 atom stereocenters. The predicted molar refractivity (Wildman–Crippen MR) is 416 cm³/mol. The van der Waals surface area contributed by atoms with Gasteiger partial charge in [-0.25, -0.2) is 9.59 Å². The molecular weight excluding hydrogens is 1390 g/mol. The van der Waals surface area contributed by atoms with Gasteiger partial charge in [-0.3, -0.25) is 0 Å². The van der Waals surface area contributed by atoms with Crippen molar-refractivity contribution < 1.29 is 19.1 Å². The van der Waals surface area contributed by atoms with Gasteiger partial charge >= 0.3 is 11.9 Å². The SMILES string of the molecule is CCCCCCCC[Si]1(CCCCCCCC)c2cc3c(cc2-c2sc(-c4sc(Br)c5cc(C(=O)OCC(CC)CCCC)sc45)cc21)[Si](CCCCCCCC)(CCCCCCCC)c1cc(-c2sc(Br)c4cc(C(=O)OCC(CC)CCCC)sc24)sc1-3. The fourth-order valence-corrected chi connectivity index (χ4v) is 36.6. The van der Waals surface area contributed by atoms with Gasteiger partial charge in [0.25, 0.3) is 0 Å². The Labute approximate surface area is 586 Å². The third kappa shape index (κ3) is 17.0. The van der Waals surface area contributed by atoms with Crippen molar-refractivity contribution in [1.29, 1.82) is 0 Å². The van der Waals surface area contributed by atoms with Crippen molar-refractivity contribution >= 4 is 169 Å². The first kappa shape index (κ1) is 72.5. The molecule has 9 rings (SSSR count). The molecule has 2 unspecified atom stereocenters. The normalized spacial score (nSPS) is 14.4. The molecule has 0 N–H and O–H groups in total. The number of fused-ring (bicyclic) bond motifs is 8. The van der Waals surface area contributed by atoms with Crippen molar-refractivity contribution in [3.8, 4) is 40.4 Å². The molecule has 0 aliphatic carbocycles. The average Bonchev–Trinajstić information content (AvgIpc) is 1.52. The van der Waals surface area contributed by atoms with Crippen LogP contribution in [0.2, 0.25) is 24.2 Å². The van der Waals surface area contributed by atoms with Crippen molar-refractivity contribution in [2.75, 3.05) is 13.2 Å². The number of ether oxygens (including phenoxy) is 2. The molecule has 0 saturated heterocycles. The highest BCUT2D eigenvalue weighted by molar-refractivity contribution is 9.11. The van der Waals surface area contributed by atoms with Gasteiger partial charge in [0.15, 0.2) is 0 Å². The Morgan fingerprint density at radius 1 is 0.378 bits per heavy atom. The third-order valence-corrected chi connectivity index (χ3v) is 40.5. The number of carbonyl (C=O) groups excluding carboxylic acids is 2. The summed E-state index contributed by atoms with van der Waals surface area (Å²) >= 11 is 19.4. The molecule has 7 aromatic rings. The molecule has 2 aliphatic rings. The molecule has 494 valence electrons. The van der Waals surface area contributed by atoms with E-state index in [1.807, 2.05) is 22.7 Å². The van der Waals surface area contributed by atoms with E-state index >= 15 is 0 Å². The van der Waals surface area contributed by atoms with E-state index in [2.05, 4.69) is 146 Å². The largest absolute Gasteiger partial charge is 0.461 e. The lowest BCUT2D eigenvalue weighted by Crippen LogP contribution is -2.56. The summed E-state index contributed by atoms with van der Waals surface area (Å²) in [6.07, 6.45) is 40.6. The van der Waals surface area contributed by atoms with Crippen LogP contribution in [0, 0.1) is 11.8 Å². The molecule has 8 heterocycles. The van der Waals surface area contributed by atoms with Crippen LogP contribution in [0.1, 0.15) is 280 Å². The van der Waals surface area contributed by atoms with Gasteiger partial charge in [-0.1, -0.05) is 260 Å². The third-order valence-electron chi connectivity index (χ3n) is 20.5. The topological polar surface area (TPSA) is 52.6 Å². The highest BCUT2D eigenvalue weighted by Crippen LogP contribution is 2.54. The lowest BCUT2D eigenvalue weighted by molar-refractivity contribution is 0.0425. The van der Waals surface area contributed by atoms with Gasteiger partial charge in [0, 0.05) is 30.3 Å². The first-order valence-corrected chi connectivity index (χ1v) is 47.5. The molecule has 6 aromatic heterocycles. The molecule has 2 aliphatic heterocycles. The minimum atomic E-state index is -2.35. The van der Waals surface area contributed by atoms with Crippen LogP contribution < -0.4 is 20.7 Å². The number of carbonyl (C=O) groups is 2. The van der Waals surface area contributed by atoms with Crippen LogP contribution in [0.25, 0.3) is 60.6 Å². The summed E-state index contributed by atoms with van der Waals surface area (Å²) in [5.74, 6) is 0.484.